The normalized spacial score (nSPS) is 15.8. The molecule has 2 heterocycles. The number of benzene rings is 2. The van der Waals surface area contributed by atoms with E-state index in [0.717, 1.165) is 0 Å². The highest BCUT2D eigenvalue weighted by Gasteiger charge is 2.44. The number of carbonyl (C=O) groups excluding carboxylic acids is 2. The molecule has 1 aromatic heterocycles. The Morgan fingerprint density at radius 3 is 2.71 bits per heavy atom. The molecule has 9 heteroatoms. The predicted molar refractivity (Wildman–Crippen MR) is 130 cm³/mol. The highest BCUT2D eigenvalue weighted by Crippen LogP contribution is 2.41. The van der Waals surface area contributed by atoms with Crippen LogP contribution in [-0.2, 0) is 9.53 Å². The number of furan rings is 1. The number of halogens is 1. The molecule has 2 aromatic carbocycles. The lowest BCUT2D eigenvalue weighted by molar-refractivity contribution is -0.129. The molecule has 1 aliphatic rings. The highest BCUT2D eigenvalue weighted by atomic mass is 35.5. The van der Waals surface area contributed by atoms with Gasteiger partial charge in [0.05, 0.1) is 25.3 Å². The van der Waals surface area contributed by atoms with Crippen molar-refractivity contribution in [1.29, 1.82) is 0 Å². The number of hydrogen-bond acceptors (Lipinski definition) is 7. The summed E-state index contributed by atoms with van der Waals surface area (Å²) in [5.41, 5.74) is 0.910. The van der Waals surface area contributed by atoms with E-state index in [0.29, 0.717) is 52.7 Å². The fraction of sp³-hybridized carbons (Fsp3) is 0.308. The molecule has 4 rings (SSSR count). The Balaban J connectivity index is 1.80. The molecule has 0 bridgehead atoms. The number of methoxy groups -OCH3 is 2. The van der Waals surface area contributed by atoms with Gasteiger partial charge in [0.2, 0.25) is 5.78 Å². The molecular weight excluding hydrogens is 474 g/mol. The lowest BCUT2D eigenvalue weighted by atomic mass is 9.94. The van der Waals surface area contributed by atoms with Crippen molar-refractivity contribution in [3.8, 4) is 11.5 Å². The quantitative estimate of drug-likeness (QED) is 0.306. The van der Waals surface area contributed by atoms with Crippen molar-refractivity contribution < 1.29 is 33.3 Å². The van der Waals surface area contributed by atoms with Crippen LogP contribution in [0, 0.1) is 0 Å². The van der Waals surface area contributed by atoms with Gasteiger partial charge < -0.3 is 28.6 Å². The van der Waals surface area contributed by atoms with Gasteiger partial charge in [0.15, 0.2) is 22.9 Å². The van der Waals surface area contributed by atoms with E-state index >= 15 is 0 Å². The average Bonchev–Trinajstić information content (AvgIpc) is 3.38. The summed E-state index contributed by atoms with van der Waals surface area (Å²) in [5.74, 6) is -0.923. The Bertz CT molecular complexity index is 1300. The third kappa shape index (κ3) is 4.72. The van der Waals surface area contributed by atoms with E-state index in [1.807, 2.05) is 6.92 Å². The van der Waals surface area contributed by atoms with Crippen molar-refractivity contribution in [2.45, 2.75) is 19.4 Å². The SMILES string of the molecule is CCOc1cccc(C2C(C(=O)c3cc4cc(Cl)cc(OC)c4o3)=C(O)C(=O)N2CCCOC)c1. The van der Waals surface area contributed by atoms with Gasteiger partial charge in [0, 0.05) is 36.7 Å². The number of rotatable bonds is 10. The van der Waals surface area contributed by atoms with Crippen LogP contribution in [0.25, 0.3) is 11.0 Å². The number of hydrogen-bond donors (Lipinski definition) is 1. The van der Waals surface area contributed by atoms with Gasteiger partial charge in [-0.25, -0.2) is 0 Å². The van der Waals surface area contributed by atoms with Crippen LogP contribution in [0.4, 0.5) is 0 Å². The maximum atomic E-state index is 13.7. The van der Waals surface area contributed by atoms with Crippen LogP contribution in [0.5, 0.6) is 11.5 Å². The molecular formula is C26H26ClNO7. The molecule has 0 saturated carbocycles. The molecule has 1 amide bonds. The number of amides is 1. The summed E-state index contributed by atoms with van der Waals surface area (Å²) in [5, 5.41) is 11.8. The van der Waals surface area contributed by atoms with Gasteiger partial charge in [-0.3, -0.25) is 9.59 Å². The van der Waals surface area contributed by atoms with Gasteiger partial charge in [0.25, 0.3) is 5.91 Å². The molecule has 0 fully saturated rings. The first kappa shape index (κ1) is 24.6. The van der Waals surface area contributed by atoms with Crippen LogP contribution in [0.15, 0.2) is 58.2 Å². The van der Waals surface area contributed by atoms with Crippen molar-refractivity contribution in [3.63, 3.8) is 0 Å². The van der Waals surface area contributed by atoms with Crippen LogP contribution in [-0.4, -0.2) is 55.7 Å². The number of aliphatic hydroxyl groups excluding tert-OH is 1. The Morgan fingerprint density at radius 1 is 1.20 bits per heavy atom. The van der Waals surface area contributed by atoms with Gasteiger partial charge in [-0.05, 0) is 43.2 Å². The first-order valence-electron chi connectivity index (χ1n) is 11.2. The Labute approximate surface area is 207 Å². The number of ketones is 1. The smallest absolute Gasteiger partial charge is 0.290 e. The summed E-state index contributed by atoms with van der Waals surface area (Å²) < 4.78 is 21.9. The molecule has 8 nitrogen and oxygen atoms in total. The number of ether oxygens (including phenoxy) is 3. The van der Waals surface area contributed by atoms with Crippen LogP contribution in [0.2, 0.25) is 5.02 Å². The largest absolute Gasteiger partial charge is 0.503 e. The third-order valence-corrected chi connectivity index (χ3v) is 5.99. The van der Waals surface area contributed by atoms with Crippen LogP contribution < -0.4 is 9.47 Å². The fourth-order valence-electron chi connectivity index (χ4n) is 4.27. The Hall–Kier alpha value is -3.49. The zero-order chi connectivity index (χ0) is 25.1. The second kappa shape index (κ2) is 10.4. The summed E-state index contributed by atoms with van der Waals surface area (Å²) in [6.07, 6.45) is 0.527. The van der Waals surface area contributed by atoms with Crippen molar-refractivity contribution in [1.82, 2.24) is 4.90 Å². The average molecular weight is 500 g/mol. The second-order valence-corrected chi connectivity index (χ2v) is 8.42. The molecule has 3 aromatic rings. The van der Waals surface area contributed by atoms with E-state index in [9.17, 15) is 14.7 Å². The molecule has 0 saturated heterocycles. The number of carbonyl (C=O) groups is 2. The summed E-state index contributed by atoms with van der Waals surface area (Å²) >= 11 is 6.15. The summed E-state index contributed by atoms with van der Waals surface area (Å²) in [6.45, 7) is 3.02. The lowest BCUT2D eigenvalue weighted by Crippen LogP contribution is -2.32. The van der Waals surface area contributed by atoms with Crippen molar-refractivity contribution in [3.05, 3.63) is 70.1 Å². The van der Waals surface area contributed by atoms with E-state index in [1.165, 1.54) is 18.1 Å². The second-order valence-electron chi connectivity index (χ2n) is 7.98. The van der Waals surface area contributed by atoms with Gasteiger partial charge >= 0.3 is 0 Å². The van der Waals surface area contributed by atoms with Gasteiger partial charge in [-0.2, -0.15) is 0 Å². The highest BCUT2D eigenvalue weighted by molar-refractivity contribution is 6.31. The van der Waals surface area contributed by atoms with Crippen LogP contribution >= 0.6 is 11.6 Å². The standard InChI is InChI=1S/C26H26ClNO7/c1-4-34-18-8-5-7-15(12-18)22-21(24(30)26(31)28(22)9-6-10-32-2)23(29)19-13-16-11-17(27)14-20(33-3)25(16)35-19/h5,7-8,11-14,22,30H,4,6,9-10H2,1-3H3. The first-order valence-corrected chi connectivity index (χ1v) is 11.5. The number of Topliss-reactive ketones (excluding diaryl/α,β-unsaturated/α-hetero) is 1. The lowest BCUT2D eigenvalue weighted by Gasteiger charge is -2.27. The van der Waals surface area contributed by atoms with Gasteiger partial charge in [-0.15, -0.1) is 0 Å². The number of nitrogens with zero attached hydrogens (tertiary/aromatic N) is 1. The van der Waals surface area contributed by atoms with Gasteiger partial charge in [0.1, 0.15) is 5.75 Å². The summed E-state index contributed by atoms with van der Waals surface area (Å²) in [4.78, 5) is 28.3. The molecule has 0 spiro atoms. The minimum atomic E-state index is -0.828. The minimum Gasteiger partial charge on any atom is -0.503 e. The topological polar surface area (TPSA) is 98.4 Å². The van der Waals surface area contributed by atoms with E-state index < -0.39 is 23.5 Å². The summed E-state index contributed by atoms with van der Waals surface area (Å²) in [7, 11) is 3.04. The predicted octanol–water partition coefficient (Wildman–Crippen LogP) is 5.11. The minimum absolute atomic E-state index is 0.0420. The van der Waals surface area contributed by atoms with Crippen LogP contribution in [0.1, 0.15) is 35.5 Å². The van der Waals surface area contributed by atoms with E-state index in [2.05, 4.69) is 0 Å². The van der Waals surface area contributed by atoms with Gasteiger partial charge in [-0.1, -0.05) is 23.7 Å². The molecule has 0 aliphatic carbocycles. The number of aliphatic hydroxyl groups is 1. The molecule has 0 radical (unpaired) electrons. The zero-order valence-corrected chi connectivity index (χ0v) is 20.4. The van der Waals surface area contributed by atoms with E-state index in [-0.39, 0.29) is 17.9 Å². The zero-order valence-electron chi connectivity index (χ0n) is 19.7. The monoisotopic (exact) mass is 499 g/mol. The molecule has 1 atom stereocenters. The van der Waals surface area contributed by atoms with Crippen molar-refractivity contribution in [2.24, 2.45) is 0 Å². The van der Waals surface area contributed by atoms with Crippen LogP contribution in [0.3, 0.4) is 0 Å². The maximum Gasteiger partial charge on any atom is 0.290 e. The van der Waals surface area contributed by atoms with Crippen molar-refractivity contribution >= 4 is 34.3 Å². The van der Waals surface area contributed by atoms with E-state index in [4.69, 9.17) is 30.2 Å². The molecule has 1 N–H and O–H groups in total. The maximum absolute atomic E-state index is 13.7. The number of fused-ring (bicyclic) bond motifs is 1. The first-order chi connectivity index (χ1) is 16.9. The van der Waals surface area contributed by atoms with Crippen molar-refractivity contribution in [2.75, 3.05) is 34.0 Å². The molecule has 1 unspecified atom stereocenters. The Kier molecular flexibility index (Phi) is 7.33. The third-order valence-electron chi connectivity index (χ3n) is 5.77. The summed E-state index contributed by atoms with van der Waals surface area (Å²) in [6, 6.07) is 11.0. The fourth-order valence-corrected chi connectivity index (χ4v) is 4.48. The molecule has 184 valence electrons. The van der Waals surface area contributed by atoms with E-state index in [1.54, 1.807) is 43.5 Å². The Morgan fingerprint density at radius 2 is 2.00 bits per heavy atom. The molecule has 1 aliphatic heterocycles. The molecule has 35 heavy (non-hydrogen) atoms.